The Balaban J connectivity index is 1.32. The van der Waals surface area contributed by atoms with Gasteiger partial charge in [0.05, 0.1) is 18.3 Å². The fourth-order valence-electron chi connectivity index (χ4n) is 4.23. The number of aromatic amines is 1. The lowest BCUT2D eigenvalue weighted by Crippen LogP contribution is -2.58. The fraction of sp³-hybridized carbons (Fsp3) is 0.429. The standard InChI is InChI=1S/C21H26N10O/c1-12(2)17-18(14-5-13(3)20-22-10-24-31(20)6-14)26-27-19(17)21(32)25-15-7-30(8-15)9-16-23-11-29(4)28-16/h5-6,10-12,15H,7-9H2,1-4H3,(H,25,32)(H,26,27). The van der Waals surface area contributed by atoms with Gasteiger partial charge in [0.2, 0.25) is 0 Å². The van der Waals surface area contributed by atoms with E-state index >= 15 is 0 Å². The van der Waals surface area contributed by atoms with Gasteiger partial charge in [-0.1, -0.05) is 13.8 Å². The summed E-state index contributed by atoms with van der Waals surface area (Å²) in [7, 11) is 1.85. The molecule has 2 N–H and O–H groups in total. The molecule has 166 valence electrons. The second kappa shape index (κ2) is 7.83. The molecule has 0 saturated carbocycles. The molecule has 0 aromatic carbocycles. The number of pyridine rings is 1. The average Bonchev–Trinajstić information content (AvgIpc) is 3.45. The molecule has 11 heteroatoms. The van der Waals surface area contributed by atoms with Crippen molar-refractivity contribution in [2.45, 2.75) is 39.3 Å². The number of carbonyl (C=O) groups is 1. The zero-order valence-electron chi connectivity index (χ0n) is 18.6. The molecule has 4 aromatic rings. The molecule has 0 bridgehead atoms. The monoisotopic (exact) mass is 434 g/mol. The minimum absolute atomic E-state index is 0.0896. The van der Waals surface area contributed by atoms with E-state index < -0.39 is 0 Å². The number of aromatic nitrogens is 8. The van der Waals surface area contributed by atoms with Crippen molar-refractivity contribution in [3.63, 3.8) is 0 Å². The molecule has 4 aromatic heterocycles. The van der Waals surface area contributed by atoms with E-state index in [4.69, 9.17) is 0 Å². The number of aryl methyl sites for hydroxylation is 2. The molecule has 0 spiro atoms. The predicted molar refractivity (Wildman–Crippen MR) is 117 cm³/mol. The van der Waals surface area contributed by atoms with Crippen molar-refractivity contribution < 1.29 is 4.79 Å². The molecule has 0 atom stereocenters. The SMILES string of the molecule is Cc1cc(-c2n[nH]c(C(=O)NC3CN(Cc4ncn(C)n4)C3)c2C(C)C)cn2ncnc12. The Kier molecular flexibility index (Phi) is 4.97. The van der Waals surface area contributed by atoms with Crippen LogP contribution in [-0.2, 0) is 13.6 Å². The van der Waals surface area contributed by atoms with Crippen molar-refractivity contribution in [3.8, 4) is 11.3 Å². The molecule has 0 unspecified atom stereocenters. The molecule has 0 aliphatic carbocycles. The van der Waals surface area contributed by atoms with Gasteiger partial charge in [-0.3, -0.25) is 19.5 Å². The predicted octanol–water partition coefficient (Wildman–Crippen LogP) is 1.29. The highest BCUT2D eigenvalue weighted by molar-refractivity contribution is 5.96. The molecule has 1 saturated heterocycles. The Hall–Kier alpha value is -3.60. The molecule has 5 heterocycles. The van der Waals surface area contributed by atoms with Gasteiger partial charge in [0.1, 0.15) is 18.3 Å². The number of hydrogen-bond acceptors (Lipinski definition) is 7. The summed E-state index contributed by atoms with van der Waals surface area (Å²) in [6, 6.07) is 2.12. The van der Waals surface area contributed by atoms with Crippen molar-refractivity contribution in [2.75, 3.05) is 13.1 Å². The fourth-order valence-corrected chi connectivity index (χ4v) is 4.23. The van der Waals surface area contributed by atoms with Crippen LogP contribution in [0.1, 0.15) is 47.2 Å². The normalized spacial score (nSPS) is 14.9. The Morgan fingerprint density at radius 2 is 2.12 bits per heavy atom. The third-order valence-electron chi connectivity index (χ3n) is 5.75. The molecule has 0 radical (unpaired) electrons. The van der Waals surface area contributed by atoms with Crippen LogP contribution in [0.25, 0.3) is 16.9 Å². The highest BCUT2D eigenvalue weighted by Crippen LogP contribution is 2.31. The second-order valence-corrected chi connectivity index (χ2v) is 8.65. The Morgan fingerprint density at radius 3 is 2.84 bits per heavy atom. The van der Waals surface area contributed by atoms with Crippen LogP contribution < -0.4 is 5.32 Å². The average molecular weight is 435 g/mol. The molecule has 32 heavy (non-hydrogen) atoms. The first-order valence-corrected chi connectivity index (χ1v) is 10.7. The maximum absolute atomic E-state index is 13.1. The zero-order chi connectivity index (χ0) is 22.4. The molecule has 1 fully saturated rings. The van der Waals surface area contributed by atoms with E-state index in [0.717, 1.165) is 46.9 Å². The second-order valence-electron chi connectivity index (χ2n) is 8.65. The smallest absolute Gasteiger partial charge is 0.269 e. The first-order valence-electron chi connectivity index (χ1n) is 10.7. The third-order valence-corrected chi connectivity index (χ3v) is 5.75. The number of nitrogens with one attached hydrogen (secondary N) is 2. The number of hydrogen-bond donors (Lipinski definition) is 2. The summed E-state index contributed by atoms with van der Waals surface area (Å²) in [5, 5.41) is 19.2. The summed E-state index contributed by atoms with van der Waals surface area (Å²) in [6.45, 7) is 8.34. The summed E-state index contributed by atoms with van der Waals surface area (Å²) in [5.41, 5.74) is 4.88. The number of H-pyrrole nitrogens is 1. The van der Waals surface area contributed by atoms with Crippen molar-refractivity contribution in [2.24, 2.45) is 7.05 Å². The summed E-state index contributed by atoms with van der Waals surface area (Å²) < 4.78 is 3.43. The number of likely N-dealkylation sites (tertiary alicyclic amines) is 1. The van der Waals surface area contributed by atoms with E-state index in [1.807, 2.05) is 26.2 Å². The quantitative estimate of drug-likeness (QED) is 0.469. The van der Waals surface area contributed by atoms with Gasteiger partial charge in [-0.15, -0.1) is 0 Å². The highest BCUT2D eigenvalue weighted by Gasteiger charge is 2.31. The lowest BCUT2D eigenvalue weighted by Gasteiger charge is -2.38. The first-order chi connectivity index (χ1) is 15.4. The summed E-state index contributed by atoms with van der Waals surface area (Å²) in [6.07, 6.45) is 5.12. The van der Waals surface area contributed by atoms with Crippen LogP contribution in [0.5, 0.6) is 0 Å². The Labute approximate surface area is 184 Å². The van der Waals surface area contributed by atoms with Crippen molar-refractivity contribution in [3.05, 3.63) is 47.6 Å². The van der Waals surface area contributed by atoms with Gasteiger partial charge in [-0.2, -0.15) is 15.3 Å². The van der Waals surface area contributed by atoms with Gasteiger partial charge in [0, 0.05) is 37.5 Å². The van der Waals surface area contributed by atoms with E-state index in [1.54, 1.807) is 15.5 Å². The Bertz CT molecular complexity index is 1280. The first kappa shape index (κ1) is 20.3. The zero-order valence-corrected chi connectivity index (χ0v) is 18.6. The van der Waals surface area contributed by atoms with Gasteiger partial charge in [-0.05, 0) is 24.5 Å². The topological polar surface area (TPSA) is 122 Å². The van der Waals surface area contributed by atoms with Gasteiger partial charge < -0.3 is 5.32 Å². The van der Waals surface area contributed by atoms with Gasteiger partial charge in [0.25, 0.3) is 5.91 Å². The van der Waals surface area contributed by atoms with Crippen molar-refractivity contribution in [1.82, 2.24) is 49.8 Å². The molecule has 11 nitrogen and oxygen atoms in total. The van der Waals surface area contributed by atoms with Crippen LogP contribution in [-0.4, -0.2) is 69.5 Å². The number of fused-ring (bicyclic) bond motifs is 1. The maximum Gasteiger partial charge on any atom is 0.269 e. The highest BCUT2D eigenvalue weighted by atomic mass is 16.2. The molecular weight excluding hydrogens is 408 g/mol. The van der Waals surface area contributed by atoms with E-state index in [9.17, 15) is 4.79 Å². The van der Waals surface area contributed by atoms with Gasteiger partial charge in [0.15, 0.2) is 11.5 Å². The van der Waals surface area contributed by atoms with Crippen LogP contribution in [0, 0.1) is 6.92 Å². The number of amides is 1. The number of nitrogens with zero attached hydrogens (tertiary/aromatic N) is 8. The largest absolute Gasteiger partial charge is 0.345 e. The minimum atomic E-state index is -0.133. The van der Waals surface area contributed by atoms with Crippen LogP contribution >= 0.6 is 0 Å². The van der Waals surface area contributed by atoms with Gasteiger partial charge >= 0.3 is 0 Å². The van der Waals surface area contributed by atoms with Crippen molar-refractivity contribution in [1.29, 1.82) is 0 Å². The van der Waals surface area contributed by atoms with E-state index in [0.29, 0.717) is 12.2 Å². The van der Waals surface area contributed by atoms with Crippen LogP contribution in [0.3, 0.4) is 0 Å². The molecular formula is C21H26N10O. The minimum Gasteiger partial charge on any atom is -0.345 e. The van der Waals surface area contributed by atoms with Crippen LogP contribution in [0.2, 0.25) is 0 Å². The van der Waals surface area contributed by atoms with Gasteiger partial charge in [-0.25, -0.2) is 14.5 Å². The molecule has 1 aliphatic heterocycles. The lowest BCUT2D eigenvalue weighted by molar-refractivity contribution is 0.0782. The summed E-state index contributed by atoms with van der Waals surface area (Å²) in [4.78, 5) is 23.8. The molecule has 1 amide bonds. The summed E-state index contributed by atoms with van der Waals surface area (Å²) in [5.74, 6) is 0.771. The molecule has 5 rings (SSSR count). The van der Waals surface area contributed by atoms with E-state index in [1.165, 1.54) is 6.33 Å². The summed E-state index contributed by atoms with van der Waals surface area (Å²) >= 11 is 0. The number of rotatable bonds is 6. The van der Waals surface area contributed by atoms with Crippen molar-refractivity contribution >= 4 is 11.6 Å². The van der Waals surface area contributed by atoms with Crippen LogP contribution in [0.4, 0.5) is 0 Å². The Morgan fingerprint density at radius 1 is 1.31 bits per heavy atom. The molecule has 1 aliphatic rings. The third kappa shape index (κ3) is 3.64. The van der Waals surface area contributed by atoms with E-state index in [-0.39, 0.29) is 17.9 Å². The lowest BCUT2D eigenvalue weighted by atomic mass is 9.96. The van der Waals surface area contributed by atoms with Crippen LogP contribution in [0.15, 0.2) is 24.9 Å². The maximum atomic E-state index is 13.1. The number of carbonyl (C=O) groups excluding carboxylic acids is 1. The van der Waals surface area contributed by atoms with E-state index in [2.05, 4.69) is 54.4 Å².